The van der Waals surface area contributed by atoms with Crippen LogP contribution in [0.15, 0.2) is 41.3 Å². The molecule has 0 aliphatic heterocycles. The summed E-state index contributed by atoms with van der Waals surface area (Å²) in [5.41, 5.74) is 0.744. The Morgan fingerprint density at radius 2 is 2.16 bits per heavy atom. The minimum Gasteiger partial charge on any atom is -0.496 e. The van der Waals surface area contributed by atoms with E-state index in [0.29, 0.717) is 16.8 Å². The maximum Gasteiger partial charge on any atom is 0.488 e. The first-order chi connectivity index (χ1) is 9.11. The molecule has 2 N–H and O–H groups in total. The summed E-state index contributed by atoms with van der Waals surface area (Å²) in [6, 6.07) is 7.71. The van der Waals surface area contributed by atoms with Gasteiger partial charge in [0.2, 0.25) is 0 Å². The van der Waals surface area contributed by atoms with Crippen molar-refractivity contribution in [3.8, 4) is 5.75 Å². The Morgan fingerprint density at radius 1 is 1.37 bits per heavy atom. The van der Waals surface area contributed by atoms with Gasteiger partial charge in [-0.1, -0.05) is 12.1 Å². The van der Waals surface area contributed by atoms with Gasteiger partial charge in [0.25, 0.3) is 5.56 Å². The molecule has 0 bridgehead atoms. The Morgan fingerprint density at radius 3 is 2.79 bits per heavy atom. The van der Waals surface area contributed by atoms with Crippen molar-refractivity contribution in [2.75, 3.05) is 7.11 Å². The van der Waals surface area contributed by atoms with Crippen LogP contribution in [0.1, 0.15) is 5.56 Å². The third kappa shape index (κ3) is 3.01. The molecule has 0 radical (unpaired) electrons. The Labute approximate surface area is 110 Å². The fourth-order valence-corrected chi connectivity index (χ4v) is 1.75. The second kappa shape index (κ2) is 5.68. The Kier molecular flexibility index (Phi) is 3.98. The molecule has 0 unspecified atom stereocenters. The number of hydrogen-bond acceptors (Lipinski definition) is 5. The largest absolute Gasteiger partial charge is 0.496 e. The number of hydrogen-bond donors (Lipinski definition) is 2. The molecule has 1 aromatic carbocycles. The summed E-state index contributed by atoms with van der Waals surface area (Å²) in [5.74, 6) is 0.557. The molecular weight excluding hydrogens is 247 g/mol. The van der Waals surface area contributed by atoms with Crippen molar-refractivity contribution < 1.29 is 14.8 Å². The molecule has 0 atom stereocenters. The van der Waals surface area contributed by atoms with Gasteiger partial charge in [-0.05, 0) is 17.6 Å². The van der Waals surface area contributed by atoms with Gasteiger partial charge in [0, 0.05) is 17.8 Å². The van der Waals surface area contributed by atoms with Crippen molar-refractivity contribution in [3.05, 3.63) is 52.4 Å². The molecule has 0 aliphatic carbocycles. The maximum absolute atomic E-state index is 11.6. The van der Waals surface area contributed by atoms with Gasteiger partial charge in [0.1, 0.15) is 5.75 Å². The van der Waals surface area contributed by atoms with Crippen LogP contribution in [-0.4, -0.2) is 34.1 Å². The van der Waals surface area contributed by atoms with Gasteiger partial charge in [-0.15, -0.1) is 0 Å². The number of benzene rings is 1. The average Bonchev–Trinajstić information content (AvgIpc) is 2.41. The van der Waals surface area contributed by atoms with Crippen LogP contribution < -0.4 is 15.8 Å². The number of rotatable bonds is 4. The molecular formula is C12H13BN2O4. The number of ether oxygens (including phenoxy) is 1. The summed E-state index contributed by atoms with van der Waals surface area (Å²) in [6.07, 6.45) is 1.51. The average molecular weight is 260 g/mol. The molecule has 0 amide bonds. The number of methoxy groups -OCH3 is 1. The van der Waals surface area contributed by atoms with Crippen molar-refractivity contribution in [1.82, 2.24) is 9.78 Å². The lowest BCUT2D eigenvalue weighted by molar-refractivity contribution is 0.406. The van der Waals surface area contributed by atoms with Gasteiger partial charge >= 0.3 is 7.12 Å². The molecule has 0 saturated carbocycles. The van der Waals surface area contributed by atoms with E-state index < -0.39 is 7.12 Å². The highest BCUT2D eigenvalue weighted by molar-refractivity contribution is 6.58. The molecule has 2 rings (SSSR count). The standard InChI is InChI=1S/C12H13BN2O4/c1-19-11-5-4-10(13(17)18)7-9(11)8-15-12(16)3-2-6-14-15/h2-7,17-18H,8H2,1H3. The van der Waals surface area contributed by atoms with Gasteiger partial charge in [-0.2, -0.15) is 5.10 Å². The van der Waals surface area contributed by atoms with Crippen molar-refractivity contribution >= 4 is 12.6 Å². The van der Waals surface area contributed by atoms with Crippen molar-refractivity contribution in [2.24, 2.45) is 0 Å². The van der Waals surface area contributed by atoms with E-state index >= 15 is 0 Å². The van der Waals surface area contributed by atoms with E-state index in [1.54, 1.807) is 24.3 Å². The maximum atomic E-state index is 11.6. The summed E-state index contributed by atoms with van der Waals surface area (Å²) in [5, 5.41) is 22.3. The van der Waals surface area contributed by atoms with E-state index in [1.165, 1.54) is 24.1 Å². The van der Waals surface area contributed by atoms with Crippen LogP contribution in [-0.2, 0) is 6.54 Å². The van der Waals surface area contributed by atoms with Gasteiger partial charge in [0.15, 0.2) is 0 Å². The van der Waals surface area contributed by atoms with Crippen LogP contribution in [0.3, 0.4) is 0 Å². The number of nitrogens with zero attached hydrogens (tertiary/aromatic N) is 2. The lowest BCUT2D eigenvalue weighted by Crippen LogP contribution is -2.30. The lowest BCUT2D eigenvalue weighted by Gasteiger charge is -2.11. The Bertz CT molecular complexity index is 627. The summed E-state index contributed by atoms with van der Waals surface area (Å²) in [6.45, 7) is 0.198. The monoisotopic (exact) mass is 260 g/mol. The minimum absolute atomic E-state index is 0.198. The summed E-state index contributed by atoms with van der Waals surface area (Å²) in [4.78, 5) is 11.6. The molecule has 0 saturated heterocycles. The van der Waals surface area contributed by atoms with E-state index in [1.807, 2.05) is 0 Å². The zero-order chi connectivity index (χ0) is 13.8. The summed E-state index contributed by atoms with van der Waals surface area (Å²) in [7, 11) is -0.0557. The molecule has 1 aromatic heterocycles. The van der Waals surface area contributed by atoms with Crippen molar-refractivity contribution in [2.45, 2.75) is 6.54 Å². The smallest absolute Gasteiger partial charge is 0.488 e. The SMILES string of the molecule is COc1ccc(B(O)O)cc1Cn1ncccc1=O. The molecule has 0 spiro atoms. The summed E-state index contributed by atoms with van der Waals surface area (Å²) >= 11 is 0. The zero-order valence-electron chi connectivity index (χ0n) is 10.4. The molecule has 2 aromatic rings. The van der Waals surface area contributed by atoms with Crippen LogP contribution >= 0.6 is 0 Å². The topological polar surface area (TPSA) is 84.6 Å². The predicted molar refractivity (Wildman–Crippen MR) is 70.4 cm³/mol. The van der Waals surface area contributed by atoms with Crippen LogP contribution in [0.25, 0.3) is 0 Å². The van der Waals surface area contributed by atoms with Crippen LogP contribution in [0.5, 0.6) is 5.75 Å². The van der Waals surface area contributed by atoms with Gasteiger partial charge < -0.3 is 14.8 Å². The van der Waals surface area contributed by atoms with E-state index in [-0.39, 0.29) is 12.1 Å². The first-order valence-corrected chi connectivity index (χ1v) is 5.67. The first kappa shape index (κ1) is 13.3. The quantitative estimate of drug-likeness (QED) is 0.687. The molecule has 7 heteroatoms. The molecule has 0 fully saturated rings. The molecule has 0 aliphatic rings. The predicted octanol–water partition coefficient (Wildman–Crippen LogP) is -1.02. The third-order valence-electron chi connectivity index (χ3n) is 2.71. The van der Waals surface area contributed by atoms with Gasteiger partial charge in [-0.25, -0.2) is 4.68 Å². The third-order valence-corrected chi connectivity index (χ3v) is 2.71. The minimum atomic E-state index is -1.56. The zero-order valence-corrected chi connectivity index (χ0v) is 10.4. The normalized spacial score (nSPS) is 10.3. The van der Waals surface area contributed by atoms with Crippen LogP contribution in [0.4, 0.5) is 0 Å². The van der Waals surface area contributed by atoms with Crippen molar-refractivity contribution in [3.63, 3.8) is 0 Å². The number of aromatic nitrogens is 2. The molecule has 6 nitrogen and oxygen atoms in total. The van der Waals surface area contributed by atoms with Gasteiger partial charge in [-0.3, -0.25) is 4.79 Å². The fraction of sp³-hybridized carbons (Fsp3) is 0.167. The fourth-order valence-electron chi connectivity index (χ4n) is 1.75. The van der Waals surface area contributed by atoms with E-state index in [0.717, 1.165) is 0 Å². The van der Waals surface area contributed by atoms with Crippen LogP contribution in [0.2, 0.25) is 0 Å². The van der Waals surface area contributed by atoms with E-state index in [9.17, 15) is 4.79 Å². The lowest BCUT2D eigenvalue weighted by atomic mass is 9.79. The second-order valence-corrected chi connectivity index (χ2v) is 3.96. The molecule has 1 heterocycles. The molecule has 98 valence electrons. The van der Waals surface area contributed by atoms with E-state index in [2.05, 4.69) is 5.10 Å². The highest BCUT2D eigenvalue weighted by Crippen LogP contribution is 2.16. The van der Waals surface area contributed by atoms with Gasteiger partial charge in [0.05, 0.1) is 13.7 Å². The highest BCUT2D eigenvalue weighted by Gasteiger charge is 2.14. The van der Waals surface area contributed by atoms with E-state index in [4.69, 9.17) is 14.8 Å². The highest BCUT2D eigenvalue weighted by atomic mass is 16.5. The first-order valence-electron chi connectivity index (χ1n) is 5.67. The Balaban J connectivity index is 2.40. The van der Waals surface area contributed by atoms with Crippen LogP contribution in [0, 0.1) is 0 Å². The molecule has 19 heavy (non-hydrogen) atoms. The summed E-state index contributed by atoms with van der Waals surface area (Å²) < 4.78 is 6.45. The second-order valence-electron chi connectivity index (χ2n) is 3.96. The Hall–Kier alpha value is -2.12. The van der Waals surface area contributed by atoms with Crippen molar-refractivity contribution in [1.29, 1.82) is 0 Å².